The van der Waals surface area contributed by atoms with Gasteiger partial charge in [0, 0.05) is 6.54 Å². The summed E-state index contributed by atoms with van der Waals surface area (Å²) in [7, 11) is 0. The van der Waals surface area contributed by atoms with E-state index in [0.29, 0.717) is 5.41 Å². The van der Waals surface area contributed by atoms with E-state index in [1.165, 1.54) is 31.3 Å². The van der Waals surface area contributed by atoms with E-state index in [-0.39, 0.29) is 0 Å². The van der Waals surface area contributed by atoms with Gasteiger partial charge in [0.15, 0.2) is 0 Å². The average Bonchev–Trinajstić information content (AvgIpc) is 2.01. The predicted octanol–water partition coefficient (Wildman–Crippen LogP) is 2.73. The van der Waals surface area contributed by atoms with Crippen LogP contribution in [0.5, 0.6) is 0 Å². The van der Waals surface area contributed by atoms with Gasteiger partial charge in [0.25, 0.3) is 0 Å². The standard InChI is InChI=1S/C11H21N/c1-4-11(3)6-5-7-12-9-10(2)8-11/h12H,2,4-9H2,1,3H3/t11-/m0/s1. The molecule has 0 aromatic carbocycles. The van der Waals surface area contributed by atoms with Crippen molar-refractivity contribution in [2.24, 2.45) is 5.41 Å². The minimum atomic E-state index is 0.527. The topological polar surface area (TPSA) is 12.0 Å². The van der Waals surface area contributed by atoms with E-state index < -0.39 is 0 Å². The van der Waals surface area contributed by atoms with Crippen LogP contribution in [0.25, 0.3) is 0 Å². The molecule has 1 heterocycles. The summed E-state index contributed by atoms with van der Waals surface area (Å²) in [4.78, 5) is 0. The van der Waals surface area contributed by atoms with Crippen LogP contribution in [-0.2, 0) is 0 Å². The van der Waals surface area contributed by atoms with Gasteiger partial charge in [-0.25, -0.2) is 0 Å². The summed E-state index contributed by atoms with van der Waals surface area (Å²) in [6, 6.07) is 0. The molecule has 0 aromatic heterocycles. The maximum atomic E-state index is 4.10. The lowest BCUT2D eigenvalue weighted by Gasteiger charge is -2.31. The van der Waals surface area contributed by atoms with Crippen LogP contribution in [0.2, 0.25) is 0 Å². The van der Waals surface area contributed by atoms with Gasteiger partial charge in [-0.05, 0) is 31.2 Å². The molecule has 0 saturated carbocycles. The van der Waals surface area contributed by atoms with Crippen molar-refractivity contribution >= 4 is 0 Å². The van der Waals surface area contributed by atoms with Gasteiger partial charge in [-0.2, -0.15) is 0 Å². The molecule has 0 aromatic rings. The van der Waals surface area contributed by atoms with Crippen LogP contribution in [0.3, 0.4) is 0 Å². The van der Waals surface area contributed by atoms with Gasteiger partial charge in [-0.3, -0.25) is 0 Å². The second-order valence-corrected chi connectivity index (χ2v) is 4.37. The Morgan fingerprint density at radius 1 is 1.58 bits per heavy atom. The van der Waals surface area contributed by atoms with Crippen molar-refractivity contribution in [3.05, 3.63) is 12.2 Å². The smallest absolute Gasteiger partial charge is 0.0162 e. The van der Waals surface area contributed by atoms with E-state index in [0.717, 1.165) is 13.1 Å². The van der Waals surface area contributed by atoms with E-state index in [1.807, 2.05) is 0 Å². The molecule has 1 aliphatic rings. The normalized spacial score (nSPS) is 32.7. The fourth-order valence-corrected chi connectivity index (χ4v) is 1.96. The van der Waals surface area contributed by atoms with E-state index >= 15 is 0 Å². The lowest BCUT2D eigenvalue weighted by atomic mass is 9.77. The molecule has 70 valence electrons. The van der Waals surface area contributed by atoms with Crippen LogP contribution in [0, 0.1) is 5.41 Å². The van der Waals surface area contributed by atoms with Crippen LogP contribution in [0.15, 0.2) is 12.2 Å². The highest BCUT2D eigenvalue weighted by molar-refractivity contribution is 5.02. The SMILES string of the molecule is C=C1CNCCC[C@](C)(CC)C1. The van der Waals surface area contributed by atoms with Crippen molar-refractivity contribution in [1.82, 2.24) is 5.32 Å². The van der Waals surface area contributed by atoms with Crippen LogP contribution in [0.4, 0.5) is 0 Å². The molecular formula is C11H21N. The molecule has 1 saturated heterocycles. The van der Waals surface area contributed by atoms with Gasteiger partial charge in [0.2, 0.25) is 0 Å². The number of nitrogens with one attached hydrogen (secondary N) is 1. The first-order valence-corrected chi connectivity index (χ1v) is 5.04. The van der Waals surface area contributed by atoms with Gasteiger partial charge < -0.3 is 5.32 Å². The van der Waals surface area contributed by atoms with E-state index in [1.54, 1.807) is 0 Å². The summed E-state index contributed by atoms with van der Waals surface area (Å²) in [6.45, 7) is 11.0. The fraction of sp³-hybridized carbons (Fsp3) is 0.818. The minimum Gasteiger partial charge on any atom is -0.313 e. The Bertz CT molecular complexity index is 162. The first-order chi connectivity index (χ1) is 5.66. The van der Waals surface area contributed by atoms with Crippen LogP contribution >= 0.6 is 0 Å². The van der Waals surface area contributed by atoms with Crippen molar-refractivity contribution in [1.29, 1.82) is 0 Å². The summed E-state index contributed by atoms with van der Waals surface area (Å²) >= 11 is 0. The van der Waals surface area contributed by atoms with Gasteiger partial charge in [-0.15, -0.1) is 0 Å². The first kappa shape index (κ1) is 9.79. The predicted molar refractivity (Wildman–Crippen MR) is 54.3 cm³/mol. The Kier molecular flexibility index (Phi) is 3.33. The number of hydrogen-bond donors (Lipinski definition) is 1. The highest BCUT2D eigenvalue weighted by atomic mass is 14.8. The zero-order chi connectivity index (χ0) is 9.03. The third kappa shape index (κ3) is 2.63. The van der Waals surface area contributed by atoms with Gasteiger partial charge in [0.05, 0.1) is 0 Å². The molecule has 0 radical (unpaired) electrons. The Labute approximate surface area is 76.2 Å². The molecule has 1 nitrogen and oxygen atoms in total. The zero-order valence-electron chi connectivity index (χ0n) is 8.45. The fourth-order valence-electron chi connectivity index (χ4n) is 1.96. The molecule has 0 spiro atoms. The van der Waals surface area contributed by atoms with Crippen molar-refractivity contribution < 1.29 is 0 Å². The molecular weight excluding hydrogens is 146 g/mol. The molecule has 1 heteroatoms. The van der Waals surface area contributed by atoms with Crippen molar-refractivity contribution in [3.63, 3.8) is 0 Å². The molecule has 1 atom stereocenters. The second-order valence-electron chi connectivity index (χ2n) is 4.37. The summed E-state index contributed by atoms with van der Waals surface area (Å²) in [6.07, 6.45) is 5.15. The third-order valence-electron chi connectivity index (χ3n) is 3.04. The molecule has 0 aliphatic carbocycles. The summed E-state index contributed by atoms with van der Waals surface area (Å²) in [5, 5.41) is 3.40. The second kappa shape index (κ2) is 4.08. The van der Waals surface area contributed by atoms with Crippen LogP contribution in [-0.4, -0.2) is 13.1 Å². The van der Waals surface area contributed by atoms with Crippen molar-refractivity contribution in [3.8, 4) is 0 Å². The number of rotatable bonds is 1. The quantitative estimate of drug-likeness (QED) is 0.592. The Morgan fingerprint density at radius 3 is 3.00 bits per heavy atom. The third-order valence-corrected chi connectivity index (χ3v) is 3.04. The summed E-state index contributed by atoms with van der Waals surface area (Å²) < 4.78 is 0. The average molecular weight is 167 g/mol. The molecule has 1 aliphatic heterocycles. The van der Waals surface area contributed by atoms with E-state index in [4.69, 9.17) is 0 Å². The van der Waals surface area contributed by atoms with Crippen LogP contribution < -0.4 is 5.32 Å². The van der Waals surface area contributed by atoms with Crippen molar-refractivity contribution in [2.45, 2.75) is 39.5 Å². The Hall–Kier alpha value is -0.300. The maximum absolute atomic E-state index is 4.10. The van der Waals surface area contributed by atoms with Crippen molar-refractivity contribution in [2.75, 3.05) is 13.1 Å². The largest absolute Gasteiger partial charge is 0.313 e. The molecule has 12 heavy (non-hydrogen) atoms. The van der Waals surface area contributed by atoms with Gasteiger partial charge in [-0.1, -0.05) is 32.4 Å². The summed E-state index contributed by atoms with van der Waals surface area (Å²) in [5.74, 6) is 0. The Balaban J connectivity index is 2.54. The summed E-state index contributed by atoms with van der Waals surface area (Å²) in [5.41, 5.74) is 1.90. The number of hydrogen-bond acceptors (Lipinski definition) is 1. The molecule has 0 unspecified atom stereocenters. The first-order valence-electron chi connectivity index (χ1n) is 5.04. The lowest BCUT2D eigenvalue weighted by Crippen LogP contribution is -2.27. The molecule has 1 N–H and O–H groups in total. The Morgan fingerprint density at radius 2 is 2.33 bits per heavy atom. The monoisotopic (exact) mass is 167 g/mol. The van der Waals surface area contributed by atoms with E-state index in [2.05, 4.69) is 25.7 Å². The van der Waals surface area contributed by atoms with Gasteiger partial charge in [0.1, 0.15) is 0 Å². The molecule has 0 amide bonds. The zero-order valence-corrected chi connectivity index (χ0v) is 8.45. The highest BCUT2D eigenvalue weighted by Crippen LogP contribution is 2.34. The van der Waals surface area contributed by atoms with E-state index in [9.17, 15) is 0 Å². The molecule has 1 fully saturated rings. The van der Waals surface area contributed by atoms with Crippen LogP contribution in [0.1, 0.15) is 39.5 Å². The minimum absolute atomic E-state index is 0.527. The molecule has 0 bridgehead atoms. The van der Waals surface area contributed by atoms with Gasteiger partial charge >= 0.3 is 0 Å². The highest BCUT2D eigenvalue weighted by Gasteiger charge is 2.23. The maximum Gasteiger partial charge on any atom is 0.0162 e. The lowest BCUT2D eigenvalue weighted by molar-refractivity contribution is 0.262. The molecule has 1 rings (SSSR count).